The van der Waals surface area contributed by atoms with Crippen molar-refractivity contribution >= 4 is 43.7 Å². The monoisotopic (exact) mass is 540 g/mol. The van der Waals surface area contributed by atoms with E-state index in [1.54, 1.807) is 61.5 Å². The second-order valence-corrected chi connectivity index (χ2v) is 10.5. The third-order valence-electron chi connectivity index (χ3n) is 6.16. The molecule has 0 saturated carbocycles. The number of benzene rings is 3. The number of aromatic nitrogens is 2. The molecule has 2 aromatic heterocycles. The van der Waals surface area contributed by atoms with Crippen molar-refractivity contribution in [2.75, 3.05) is 17.5 Å². The molecule has 0 aliphatic rings. The number of para-hydroxylation sites is 1. The van der Waals surface area contributed by atoms with Crippen LogP contribution in [-0.4, -0.2) is 37.5 Å². The lowest BCUT2D eigenvalue weighted by Gasteiger charge is -2.24. The molecule has 0 saturated heterocycles. The highest BCUT2D eigenvalue weighted by molar-refractivity contribution is 7.93. The molecule has 0 bridgehead atoms. The van der Waals surface area contributed by atoms with Gasteiger partial charge >= 0.3 is 5.97 Å². The highest BCUT2D eigenvalue weighted by Gasteiger charge is 2.30. The van der Waals surface area contributed by atoms with E-state index in [4.69, 9.17) is 14.4 Å². The van der Waals surface area contributed by atoms with Gasteiger partial charge in [-0.15, -0.1) is 0 Å². The first kappa shape index (κ1) is 25.9. The van der Waals surface area contributed by atoms with Crippen molar-refractivity contribution in [3.8, 4) is 6.07 Å². The highest BCUT2D eigenvalue weighted by Crippen LogP contribution is 2.30. The average Bonchev–Trinajstić information content (AvgIpc) is 3.37. The van der Waals surface area contributed by atoms with Crippen LogP contribution in [-0.2, 0) is 32.4 Å². The van der Waals surface area contributed by atoms with Crippen LogP contribution in [0.5, 0.6) is 0 Å². The first-order valence-electron chi connectivity index (χ1n) is 12.3. The van der Waals surface area contributed by atoms with Crippen molar-refractivity contribution < 1.29 is 22.4 Å². The topological polar surface area (TPSA) is 126 Å². The standard InChI is InChI=1S/C29H24N4O5S/c1-2-37-28(34)19-33(39(35,36)26-7-3-5-22-6-4-16-31-29(22)26)23-13-14-25-24(17-23)32-27(38-25)15-12-20-8-10-21(18-30)11-9-20/h3-11,13-14,16-17H,2,12,15,19H2,1H3. The van der Waals surface area contributed by atoms with Crippen LogP contribution in [0.15, 0.2) is 88.3 Å². The quantitative estimate of drug-likeness (QED) is 0.244. The first-order chi connectivity index (χ1) is 18.9. The molecule has 0 fully saturated rings. The van der Waals surface area contributed by atoms with Gasteiger partial charge < -0.3 is 9.15 Å². The Morgan fingerprint density at radius 3 is 2.62 bits per heavy atom. The molecule has 5 aromatic rings. The van der Waals surface area contributed by atoms with E-state index >= 15 is 0 Å². The van der Waals surface area contributed by atoms with Gasteiger partial charge in [-0.1, -0.05) is 30.3 Å². The lowest BCUT2D eigenvalue weighted by atomic mass is 10.1. The summed E-state index contributed by atoms with van der Waals surface area (Å²) >= 11 is 0. The summed E-state index contributed by atoms with van der Waals surface area (Å²) in [5, 5.41) is 9.63. The molecule has 0 unspecified atom stereocenters. The number of sulfonamides is 1. The van der Waals surface area contributed by atoms with E-state index in [0.717, 1.165) is 9.87 Å². The molecule has 10 heteroatoms. The van der Waals surface area contributed by atoms with Gasteiger partial charge in [-0.05, 0) is 61.4 Å². The predicted octanol–water partition coefficient (Wildman–Crippen LogP) is 4.79. The predicted molar refractivity (Wildman–Crippen MR) is 145 cm³/mol. The van der Waals surface area contributed by atoms with Crippen molar-refractivity contribution in [2.45, 2.75) is 24.7 Å². The molecule has 2 heterocycles. The van der Waals surface area contributed by atoms with E-state index in [9.17, 15) is 13.2 Å². The maximum absolute atomic E-state index is 13.9. The molecule has 9 nitrogen and oxygen atoms in total. The molecule has 0 spiro atoms. The maximum atomic E-state index is 13.9. The van der Waals surface area contributed by atoms with Gasteiger partial charge in [0.05, 0.1) is 29.4 Å². The van der Waals surface area contributed by atoms with E-state index in [-0.39, 0.29) is 17.2 Å². The minimum absolute atomic E-state index is 0.0201. The number of esters is 1. The fraction of sp³-hybridized carbons (Fsp3) is 0.172. The molecule has 0 atom stereocenters. The molecular weight excluding hydrogens is 516 g/mol. The molecular formula is C29H24N4O5S. The Morgan fingerprint density at radius 1 is 1.05 bits per heavy atom. The van der Waals surface area contributed by atoms with E-state index in [0.29, 0.717) is 46.3 Å². The minimum atomic E-state index is -4.22. The summed E-state index contributed by atoms with van der Waals surface area (Å²) in [6.45, 7) is 1.26. The lowest BCUT2D eigenvalue weighted by Crippen LogP contribution is -2.36. The van der Waals surface area contributed by atoms with Gasteiger partial charge in [0.1, 0.15) is 17.0 Å². The summed E-state index contributed by atoms with van der Waals surface area (Å²) in [6.07, 6.45) is 2.70. The van der Waals surface area contributed by atoms with Crippen LogP contribution >= 0.6 is 0 Å². The van der Waals surface area contributed by atoms with Gasteiger partial charge in [0.2, 0.25) is 0 Å². The van der Waals surface area contributed by atoms with Crippen molar-refractivity contribution in [3.63, 3.8) is 0 Å². The van der Waals surface area contributed by atoms with E-state index in [1.165, 1.54) is 12.3 Å². The van der Waals surface area contributed by atoms with Gasteiger partial charge in [0.15, 0.2) is 11.5 Å². The Morgan fingerprint density at radius 2 is 1.85 bits per heavy atom. The van der Waals surface area contributed by atoms with Crippen LogP contribution in [0.1, 0.15) is 23.9 Å². The molecule has 0 N–H and O–H groups in total. The van der Waals surface area contributed by atoms with Gasteiger partial charge in [-0.2, -0.15) is 5.26 Å². The molecule has 0 aliphatic heterocycles. The minimum Gasteiger partial charge on any atom is -0.465 e. The molecule has 5 rings (SSSR count). The van der Waals surface area contributed by atoms with Crippen LogP contribution in [0.3, 0.4) is 0 Å². The summed E-state index contributed by atoms with van der Waals surface area (Å²) in [6, 6.07) is 22.6. The summed E-state index contributed by atoms with van der Waals surface area (Å²) < 4.78 is 39.9. The van der Waals surface area contributed by atoms with Crippen LogP contribution in [0, 0.1) is 11.3 Å². The molecule has 0 radical (unpaired) electrons. The largest absolute Gasteiger partial charge is 0.465 e. The number of hydrogen-bond donors (Lipinski definition) is 0. The number of nitriles is 1. The fourth-order valence-corrected chi connectivity index (χ4v) is 5.83. The lowest BCUT2D eigenvalue weighted by molar-refractivity contribution is -0.141. The number of carbonyl (C=O) groups excluding carboxylic acids is 1. The average molecular weight is 541 g/mol. The summed E-state index contributed by atoms with van der Waals surface area (Å²) in [5.41, 5.74) is 3.13. The van der Waals surface area contributed by atoms with Gasteiger partial charge in [0.25, 0.3) is 10.0 Å². The zero-order valence-electron chi connectivity index (χ0n) is 21.1. The third-order valence-corrected chi connectivity index (χ3v) is 7.96. The smallest absolute Gasteiger partial charge is 0.326 e. The number of rotatable bonds is 9. The first-order valence-corrected chi connectivity index (χ1v) is 13.7. The number of oxazole rings is 1. The number of aryl methyl sites for hydroxylation is 2. The number of fused-ring (bicyclic) bond motifs is 2. The SMILES string of the molecule is CCOC(=O)CN(c1ccc2oc(CCc3ccc(C#N)cc3)nc2c1)S(=O)(=O)c1cccc2cccnc12. The summed E-state index contributed by atoms with van der Waals surface area (Å²) in [7, 11) is -4.22. The van der Waals surface area contributed by atoms with Crippen molar-refractivity contribution in [2.24, 2.45) is 0 Å². The Hall–Kier alpha value is -4.75. The van der Waals surface area contributed by atoms with E-state index < -0.39 is 22.5 Å². The van der Waals surface area contributed by atoms with E-state index in [2.05, 4.69) is 16.0 Å². The van der Waals surface area contributed by atoms with Gasteiger partial charge in [0, 0.05) is 18.0 Å². The van der Waals surface area contributed by atoms with Crippen molar-refractivity contribution in [1.82, 2.24) is 9.97 Å². The molecule has 0 amide bonds. The number of pyridine rings is 1. The third kappa shape index (κ3) is 5.44. The van der Waals surface area contributed by atoms with Crippen LogP contribution < -0.4 is 4.31 Å². The zero-order valence-corrected chi connectivity index (χ0v) is 21.9. The summed E-state index contributed by atoms with van der Waals surface area (Å²) in [5.74, 6) is -0.192. The maximum Gasteiger partial charge on any atom is 0.326 e. The fourth-order valence-electron chi connectivity index (χ4n) is 4.26. The molecule has 3 aromatic carbocycles. The Balaban J connectivity index is 1.49. The molecule has 196 valence electrons. The second-order valence-electron chi connectivity index (χ2n) is 8.72. The van der Waals surface area contributed by atoms with Crippen LogP contribution in [0.25, 0.3) is 22.0 Å². The van der Waals surface area contributed by atoms with Crippen LogP contribution in [0.2, 0.25) is 0 Å². The number of ether oxygens (including phenoxy) is 1. The number of anilines is 1. The number of nitrogens with zero attached hydrogens (tertiary/aromatic N) is 4. The molecule has 0 aliphatic carbocycles. The van der Waals surface area contributed by atoms with Crippen molar-refractivity contribution in [1.29, 1.82) is 5.26 Å². The highest BCUT2D eigenvalue weighted by atomic mass is 32.2. The number of hydrogen-bond acceptors (Lipinski definition) is 8. The molecule has 39 heavy (non-hydrogen) atoms. The van der Waals surface area contributed by atoms with Crippen LogP contribution in [0.4, 0.5) is 5.69 Å². The second kappa shape index (κ2) is 10.9. The Labute approximate surface area is 225 Å². The Kier molecular flexibility index (Phi) is 7.25. The zero-order chi connectivity index (χ0) is 27.4. The van der Waals surface area contributed by atoms with Gasteiger partial charge in [-0.3, -0.25) is 14.1 Å². The van der Waals surface area contributed by atoms with E-state index in [1.807, 2.05) is 12.1 Å². The summed E-state index contributed by atoms with van der Waals surface area (Å²) in [4.78, 5) is 21.3. The number of carbonyl (C=O) groups is 1. The Bertz CT molecular complexity index is 1800. The normalized spacial score (nSPS) is 11.4. The van der Waals surface area contributed by atoms with Gasteiger partial charge in [-0.25, -0.2) is 13.4 Å². The van der Waals surface area contributed by atoms with Crippen molar-refractivity contribution in [3.05, 3.63) is 96.0 Å².